The van der Waals surface area contributed by atoms with Crippen LogP contribution in [0.2, 0.25) is 0 Å². The van der Waals surface area contributed by atoms with Crippen LogP contribution in [-0.4, -0.2) is 0 Å². The van der Waals surface area contributed by atoms with E-state index >= 15 is 0 Å². The fourth-order valence-electron chi connectivity index (χ4n) is 3.31. The van der Waals surface area contributed by atoms with Gasteiger partial charge in [-0.2, -0.15) is 0 Å². The van der Waals surface area contributed by atoms with Gasteiger partial charge in [0, 0.05) is 15.4 Å². The highest BCUT2D eigenvalue weighted by molar-refractivity contribution is 7.81. The maximum atomic E-state index is 11.4. The van der Waals surface area contributed by atoms with Crippen LogP contribution < -0.4 is 0 Å². The lowest BCUT2D eigenvalue weighted by molar-refractivity contribution is 1.15. The second kappa shape index (κ2) is 5.55. The van der Waals surface area contributed by atoms with E-state index in [1.165, 1.54) is 11.1 Å². The lowest BCUT2D eigenvalue weighted by Crippen LogP contribution is -1.92. The zero-order valence-electron chi connectivity index (χ0n) is 12.2. The molecule has 0 heterocycles. The van der Waals surface area contributed by atoms with Crippen LogP contribution in [0.15, 0.2) is 69.6 Å². The molecule has 0 aliphatic heterocycles. The molecule has 0 saturated carbocycles. The number of hydrogen-bond acceptors (Lipinski definition) is 4. The molecule has 3 aromatic carbocycles. The summed E-state index contributed by atoms with van der Waals surface area (Å²) in [5.74, 6) is 0. The SMILES string of the molecule is O=Nc1c(S)c2c(c(-c3ccccc3)c1S)-c1ccccc1C2. The summed E-state index contributed by atoms with van der Waals surface area (Å²) in [6, 6.07) is 18.3. The maximum absolute atomic E-state index is 11.4. The predicted octanol–water partition coefficient (Wildman–Crippen LogP) is 5.90. The molecule has 0 aromatic heterocycles. The summed E-state index contributed by atoms with van der Waals surface area (Å²) in [5.41, 5.74) is 6.91. The summed E-state index contributed by atoms with van der Waals surface area (Å²) >= 11 is 9.19. The van der Waals surface area contributed by atoms with Crippen molar-refractivity contribution in [2.75, 3.05) is 0 Å². The van der Waals surface area contributed by atoms with Crippen molar-refractivity contribution in [3.05, 3.63) is 70.6 Å². The first-order valence-corrected chi connectivity index (χ1v) is 8.19. The molecule has 0 amide bonds. The van der Waals surface area contributed by atoms with Gasteiger partial charge in [0.25, 0.3) is 0 Å². The van der Waals surface area contributed by atoms with E-state index in [4.69, 9.17) is 0 Å². The zero-order valence-corrected chi connectivity index (χ0v) is 13.9. The molecule has 0 N–H and O–H groups in total. The van der Waals surface area contributed by atoms with Crippen LogP contribution >= 0.6 is 25.3 Å². The van der Waals surface area contributed by atoms with Crippen molar-refractivity contribution in [3.63, 3.8) is 0 Å². The standard InChI is InChI=1S/C19H13NOS2/c21-20-17-18(22)14-10-12-8-4-5-9-13(12)16(14)15(19(17)23)11-6-2-1-3-7-11/h1-9,22-23H,10H2. The predicted molar refractivity (Wildman–Crippen MR) is 100 cm³/mol. The third-order valence-electron chi connectivity index (χ3n) is 4.33. The fraction of sp³-hybridized carbons (Fsp3) is 0.0526. The minimum absolute atomic E-state index is 0.321. The first-order chi connectivity index (χ1) is 11.2. The number of nitroso groups, excluding NO2 is 1. The number of benzene rings is 3. The van der Waals surface area contributed by atoms with Crippen molar-refractivity contribution < 1.29 is 0 Å². The lowest BCUT2D eigenvalue weighted by atomic mass is 9.93. The second-order valence-corrected chi connectivity index (χ2v) is 6.46. The molecule has 0 radical (unpaired) electrons. The molecule has 0 atom stereocenters. The Labute approximate surface area is 145 Å². The Morgan fingerprint density at radius 3 is 2.26 bits per heavy atom. The van der Waals surface area contributed by atoms with Gasteiger partial charge >= 0.3 is 0 Å². The number of nitrogens with zero attached hydrogens (tertiary/aromatic N) is 1. The molecule has 2 nitrogen and oxygen atoms in total. The first-order valence-electron chi connectivity index (χ1n) is 7.30. The summed E-state index contributed by atoms with van der Waals surface area (Å²) in [5, 5.41) is 3.19. The zero-order chi connectivity index (χ0) is 16.0. The van der Waals surface area contributed by atoms with Crippen molar-refractivity contribution in [3.8, 4) is 22.3 Å². The molecule has 1 aliphatic carbocycles. The van der Waals surface area contributed by atoms with E-state index in [9.17, 15) is 4.91 Å². The number of rotatable bonds is 2. The van der Waals surface area contributed by atoms with Crippen LogP contribution in [0.3, 0.4) is 0 Å². The Bertz CT molecular complexity index is 936. The normalized spacial score (nSPS) is 11.9. The maximum Gasteiger partial charge on any atom is 0.135 e. The fourth-order valence-corrected chi connectivity index (χ4v) is 4.14. The first kappa shape index (κ1) is 14.5. The van der Waals surface area contributed by atoms with E-state index in [0.29, 0.717) is 15.5 Å². The molecular weight excluding hydrogens is 322 g/mol. The van der Waals surface area contributed by atoms with Gasteiger partial charge in [0.1, 0.15) is 5.69 Å². The smallest absolute Gasteiger partial charge is 0.135 e. The summed E-state index contributed by atoms with van der Waals surface area (Å²) in [6.07, 6.45) is 0.765. The van der Waals surface area contributed by atoms with E-state index in [1.807, 2.05) is 42.5 Å². The third kappa shape index (κ3) is 2.13. The molecule has 0 unspecified atom stereocenters. The van der Waals surface area contributed by atoms with Gasteiger partial charge in [0.2, 0.25) is 0 Å². The van der Waals surface area contributed by atoms with Gasteiger partial charge in [0.05, 0.1) is 0 Å². The molecule has 4 heteroatoms. The van der Waals surface area contributed by atoms with Gasteiger partial charge < -0.3 is 0 Å². The monoisotopic (exact) mass is 335 g/mol. The average molecular weight is 335 g/mol. The van der Waals surface area contributed by atoms with Gasteiger partial charge in [-0.15, -0.1) is 30.2 Å². The summed E-state index contributed by atoms with van der Waals surface area (Å²) in [6.45, 7) is 0. The van der Waals surface area contributed by atoms with E-state index in [0.717, 1.165) is 28.7 Å². The highest BCUT2D eigenvalue weighted by Gasteiger charge is 2.28. The van der Waals surface area contributed by atoms with E-state index in [2.05, 4.69) is 42.6 Å². The molecule has 23 heavy (non-hydrogen) atoms. The third-order valence-corrected chi connectivity index (χ3v) is 5.25. The van der Waals surface area contributed by atoms with Crippen molar-refractivity contribution in [2.45, 2.75) is 16.2 Å². The largest absolute Gasteiger partial charge is 0.145 e. The van der Waals surface area contributed by atoms with E-state index < -0.39 is 0 Å². The van der Waals surface area contributed by atoms with Gasteiger partial charge in [0.15, 0.2) is 0 Å². The van der Waals surface area contributed by atoms with Gasteiger partial charge in [-0.3, -0.25) is 0 Å². The van der Waals surface area contributed by atoms with E-state index in [-0.39, 0.29) is 0 Å². The molecule has 1 aliphatic rings. The summed E-state index contributed by atoms with van der Waals surface area (Å²) < 4.78 is 0. The number of hydrogen-bond donors (Lipinski definition) is 2. The minimum atomic E-state index is 0.321. The van der Waals surface area contributed by atoms with Crippen molar-refractivity contribution in [1.29, 1.82) is 0 Å². The highest BCUT2D eigenvalue weighted by atomic mass is 32.1. The number of fused-ring (bicyclic) bond motifs is 3. The Morgan fingerprint density at radius 1 is 0.826 bits per heavy atom. The molecule has 3 aromatic rings. The van der Waals surface area contributed by atoms with Crippen LogP contribution in [0.5, 0.6) is 0 Å². The average Bonchev–Trinajstić information content (AvgIpc) is 2.96. The number of thiol groups is 2. The van der Waals surface area contributed by atoms with Gasteiger partial charge in [-0.25, -0.2) is 0 Å². The molecule has 112 valence electrons. The van der Waals surface area contributed by atoms with Crippen LogP contribution in [0.1, 0.15) is 11.1 Å². The minimum Gasteiger partial charge on any atom is -0.145 e. The van der Waals surface area contributed by atoms with Gasteiger partial charge in [-0.05, 0) is 39.4 Å². The van der Waals surface area contributed by atoms with Crippen molar-refractivity contribution in [2.24, 2.45) is 5.18 Å². The molecular formula is C19H13NOS2. The van der Waals surface area contributed by atoms with Crippen molar-refractivity contribution in [1.82, 2.24) is 0 Å². The Morgan fingerprint density at radius 2 is 1.52 bits per heavy atom. The second-order valence-electron chi connectivity index (χ2n) is 5.57. The Hall–Kier alpha value is -2.04. The quantitative estimate of drug-likeness (QED) is 0.346. The van der Waals surface area contributed by atoms with Crippen LogP contribution in [-0.2, 0) is 6.42 Å². The van der Waals surface area contributed by atoms with Gasteiger partial charge in [-0.1, -0.05) is 54.6 Å². The molecule has 0 spiro atoms. The molecule has 0 bridgehead atoms. The topological polar surface area (TPSA) is 29.4 Å². The Balaban J connectivity index is 2.15. The van der Waals surface area contributed by atoms with Crippen LogP contribution in [0, 0.1) is 4.91 Å². The lowest BCUT2D eigenvalue weighted by Gasteiger charge is -2.16. The highest BCUT2D eigenvalue weighted by Crippen LogP contribution is 2.52. The Kier molecular flexibility index (Phi) is 3.51. The molecule has 0 fully saturated rings. The van der Waals surface area contributed by atoms with Crippen molar-refractivity contribution >= 4 is 30.9 Å². The van der Waals surface area contributed by atoms with Crippen LogP contribution in [0.4, 0.5) is 5.69 Å². The van der Waals surface area contributed by atoms with E-state index in [1.54, 1.807) is 0 Å². The van der Waals surface area contributed by atoms with Crippen LogP contribution in [0.25, 0.3) is 22.3 Å². The molecule has 4 rings (SSSR count). The summed E-state index contributed by atoms with van der Waals surface area (Å²) in [7, 11) is 0. The molecule has 0 saturated heterocycles. The summed E-state index contributed by atoms with van der Waals surface area (Å²) in [4.78, 5) is 12.6.